The van der Waals surface area contributed by atoms with E-state index >= 15 is 0 Å². The molecule has 0 saturated carbocycles. The van der Waals surface area contributed by atoms with Gasteiger partial charge in [-0.15, -0.1) is 11.3 Å². The van der Waals surface area contributed by atoms with Crippen LogP contribution in [-0.2, 0) is 35.3 Å². The van der Waals surface area contributed by atoms with Gasteiger partial charge < -0.3 is 4.90 Å². The molecule has 0 fully saturated rings. The topological polar surface area (TPSA) is 79.4 Å². The van der Waals surface area contributed by atoms with Crippen LogP contribution in [-0.4, -0.2) is 30.8 Å². The maximum Gasteiger partial charge on any atom is 0.265 e. The van der Waals surface area contributed by atoms with E-state index in [1.807, 2.05) is 25.1 Å². The Morgan fingerprint density at radius 3 is 2.74 bits per heavy atom. The number of thiophene rings is 1. The van der Waals surface area contributed by atoms with Gasteiger partial charge in [-0.2, -0.15) is 0 Å². The highest BCUT2D eigenvalue weighted by Gasteiger charge is 2.26. The number of aryl methyl sites for hydroxylation is 1. The van der Waals surface area contributed by atoms with Gasteiger partial charge in [0.2, 0.25) is 10.0 Å². The molecule has 1 aliphatic heterocycles. The average molecular weight is 476 g/mol. The van der Waals surface area contributed by atoms with E-state index in [4.69, 9.17) is 11.6 Å². The highest BCUT2D eigenvalue weighted by Crippen LogP contribution is 2.28. The summed E-state index contributed by atoms with van der Waals surface area (Å²) in [4.78, 5) is 19.6. The minimum atomic E-state index is -3.49. The molecular weight excluding hydrogens is 454 g/mol. The van der Waals surface area contributed by atoms with Gasteiger partial charge in [0.1, 0.15) is 4.88 Å². The van der Waals surface area contributed by atoms with Crippen LogP contribution in [0, 0.1) is 6.92 Å². The minimum absolute atomic E-state index is 0.0702. The standard InChI is InChI=1S/C22H22ClN3O3S2/c1-15-19(12-25-31(28,29)14-16-5-3-2-4-6-16)18-7-9-26(13-17(18)11-24-15)22(27)21-20(23)8-10-30-21/h2-6,8,10-11,25H,7,9,12-14H2,1H3. The summed E-state index contributed by atoms with van der Waals surface area (Å²) in [5.74, 6) is -0.157. The molecule has 1 aliphatic rings. The van der Waals surface area contributed by atoms with Gasteiger partial charge in [-0.1, -0.05) is 41.9 Å². The molecule has 0 unspecified atom stereocenters. The van der Waals surface area contributed by atoms with Gasteiger partial charge in [0, 0.05) is 31.5 Å². The van der Waals surface area contributed by atoms with Crippen LogP contribution in [0.15, 0.2) is 48.0 Å². The molecule has 6 nitrogen and oxygen atoms in total. The van der Waals surface area contributed by atoms with E-state index in [-0.39, 0.29) is 18.2 Å². The van der Waals surface area contributed by atoms with E-state index in [1.54, 1.807) is 34.7 Å². The molecule has 4 rings (SSSR count). The smallest absolute Gasteiger partial charge is 0.265 e. The van der Waals surface area contributed by atoms with E-state index in [9.17, 15) is 13.2 Å². The van der Waals surface area contributed by atoms with Crippen molar-refractivity contribution in [2.75, 3.05) is 6.54 Å². The molecule has 3 heterocycles. The van der Waals surface area contributed by atoms with Crippen LogP contribution in [0.5, 0.6) is 0 Å². The Bertz CT molecular complexity index is 1210. The number of hydrogen-bond acceptors (Lipinski definition) is 5. The molecule has 162 valence electrons. The quantitative estimate of drug-likeness (QED) is 0.586. The maximum absolute atomic E-state index is 12.8. The summed E-state index contributed by atoms with van der Waals surface area (Å²) < 4.78 is 27.8. The summed E-state index contributed by atoms with van der Waals surface area (Å²) in [5, 5.41) is 2.27. The van der Waals surface area contributed by atoms with Gasteiger partial charge in [-0.25, -0.2) is 13.1 Å². The number of halogens is 1. The number of nitrogens with one attached hydrogen (secondary N) is 1. The largest absolute Gasteiger partial charge is 0.333 e. The van der Waals surface area contributed by atoms with Crippen LogP contribution < -0.4 is 4.72 Å². The summed E-state index contributed by atoms with van der Waals surface area (Å²) in [6.07, 6.45) is 2.42. The zero-order valence-corrected chi connectivity index (χ0v) is 19.4. The lowest BCUT2D eigenvalue weighted by molar-refractivity contribution is 0.0739. The lowest BCUT2D eigenvalue weighted by atomic mass is 9.95. The molecule has 0 saturated heterocycles. The fraction of sp³-hybridized carbons (Fsp3) is 0.273. The van der Waals surface area contributed by atoms with Gasteiger partial charge in [0.25, 0.3) is 5.91 Å². The predicted molar refractivity (Wildman–Crippen MR) is 123 cm³/mol. The van der Waals surface area contributed by atoms with E-state index in [2.05, 4.69) is 9.71 Å². The molecule has 3 aromatic rings. The van der Waals surface area contributed by atoms with Crippen molar-refractivity contribution in [1.29, 1.82) is 0 Å². The van der Waals surface area contributed by atoms with Gasteiger partial charge >= 0.3 is 0 Å². The highest BCUT2D eigenvalue weighted by atomic mass is 35.5. The van der Waals surface area contributed by atoms with Crippen molar-refractivity contribution in [2.45, 2.75) is 32.2 Å². The second kappa shape index (κ2) is 9.08. The Morgan fingerprint density at radius 1 is 1.26 bits per heavy atom. The average Bonchev–Trinajstić information content (AvgIpc) is 3.18. The minimum Gasteiger partial charge on any atom is -0.333 e. The fourth-order valence-electron chi connectivity index (χ4n) is 3.75. The van der Waals surface area contributed by atoms with Crippen molar-refractivity contribution >= 4 is 38.9 Å². The number of hydrogen-bond donors (Lipinski definition) is 1. The number of aromatic nitrogens is 1. The Labute approximate surface area is 190 Å². The molecule has 1 amide bonds. The lowest BCUT2D eigenvalue weighted by Crippen LogP contribution is -2.37. The number of pyridine rings is 1. The van der Waals surface area contributed by atoms with Gasteiger partial charge in [0.05, 0.1) is 10.8 Å². The third-order valence-corrected chi connectivity index (χ3v) is 7.99. The number of carbonyl (C=O) groups is 1. The Morgan fingerprint density at radius 2 is 2.03 bits per heavy atom. The van der Waals surface area contributed by atoms with E-state index < -0.39 is 10.0 Å². The molecule has 1 aromatic carbocycles. The maximum atomic E-state index is 12.8. The molecule has 2 aromatic heterocycles. The van der Waals surface area contributed by atoms with Crippen LogP contribution in [0.2, 0.25) is 5.02 Å². The number of carbonyl (C=O) groups excluding carboxylic acids is 1. The third kappa shape index (κ3) is 4.98. The number of sulfonamides is 1. The van der Waals surface area contributed by atoms with Crippen molar-refractivity contribution in [1.82, 2.24) is 14.6 Å². The van der Waals surface area contributed by atoms with E-state index in [0.29, 0.717) is 29.4 Å². The summed E-state index contributed by atoms with van der Waals surface area (Å²) in [6.45, 7) is 3.04. The summed E-state index contributed by atoms with van der Waals surface area (Å²) in [7, 11) is -3.49. The van der Waals surface area contributed by atoms with Crippen LogP contribution in [0.3, 0.4) is 0 Å². The van der Waals surface area contributed by atoms with Crippen molar-refractivity contribution < 1.29 is 13.2 Å². The molecule has 1 N–H and O–H groups in total. The first-order chi connectivity index (χ1) is 14.8. The third-order valence-electron chi connectivity index (χ3n) is 5.36. The summed E-state index contributed by atoms with van der Waals surface area (Å²) >= 11 is 7.46. The Hall–Kier alpha value is -2.26. The van der Waals surface area contributed by atoms with Gasteiger partial charge in [-0.05, 0) is 47.0 Å². The highest BCUT2D eigenvalue weighted by molar-refractivity contribution is 7.88. The van der Waals surface area contributed by atoms with Crippen molar-refractivity contribution in [2.24, 2.45) is 0 Å². The Kier molecular flexibility index (Phi) is 6.43. The van der Waals surface area contributed by atoms with Crippen molar-refractivity contribution in [3.8, 4) is 0 Å². The van der Waals surface area contributed by atoms with Crippen LogP contribution >= 0.6 is 22.9 Å². The zero-order valence-electron chi connectivity index (χ0n) is 17.0. The van der Waals surface area contributed by atoms with Gasteiger partial charge in [0.15, 0.2) is 0 Å². The second-order valence-corrected chi connectivity index (χ2v) is 10.6. The van der Waals surface area contributed by atoms with Gasteiger partial charge in [-0.3, -0.25) is 9.78 Å². The predicted octanol–water partition coefficient (Wildman–Crippen LogP) is 3.92. The molecule has 0 bridgehead atoms. The number of benzene rings is 1. The zero-order chi connectivity index (χ0) is 22.0. The van der Waals surface area contributed by atoms with Crippen molar-refractivity contribution in [3.05, 3.63) is 85.8 Å². The van der Waals surface area contributed by atoms with E-state index in [1.165, 1.54) is 11.3 Å². The first kappa shape index (κ1) is 22.0. The van der Waals surface area contributed by atoms with Crippen molar-refractivity contribution in [3.63, 3.8) is 0 Å². The lowest BCUT2D eigenvalue weighted by Gasteiger charge is -2.30. The number of nitrogens with zero attached hydrogens (tertiary/aromatic N) is 2. The number of rotatable bonds is 6. The van der Waals surface area contributed by atoms with Crippen LogP contribution in [0.25, 0.3) is 0 Å². The summed E-state index contributed by atoms with van der Waals surface area (Å²) in [5.41, 5.74) is 4.42. The SMILES string of the molecule is Cc1ncc2c(c1CNS(=O)(=O)Cc1ccccc1)CCN(C(=O)c1sccc1Cl)C2. The first-order valence-electron chi connectivity index (χ1n) is 9.84. The normalized spacial score (nSPS) is 13.8. The summed E-state index contributed by atoms with van der Waals surface area (Å²) in [6, 6.07) is 10.8. The fourth-order valence-corrected chi connectivity index (χ4v) is 5.95. The molecule has 0 radical (unpaired) electrons. The second-order valence-electron chi connectivity index (χ2n) is 7.47. The Balaban J connectivity index is 1.50. The molecule has 0 aliphatic carbocycles. The van der Waals surface area contributed by atoms with Crippen LogP contribution in [0.4, 0.5) is 0 Å². The molecular formula is C22H22ClN3O3S2. The monoisotopic (exact) mass is 475 g/mol. The molecule has 31 heavy (non-hydrogen) atoms. The molecule has 0 atom stereocenters. The first-order valence-corrected chi connectivity index (χ1v) is 12.7. The molecule has 0 spiro atoms. The van der Waals surface area contributed by atoms with E-state index in [0.717, 1.165) is 27.9 Å². The molecule has 9 heteroatoms. The number of amides is 1. The van der Waals surface area contributed by atoms with Crippen LogP contribution in [0.1, 0.15) is 37.6 Å². The number of fused-ring (bicyclic) bond motifs is 1.